The molecule has 6 nitrogen and oxygen atoms in total. The van der Waals surface area contributed by atoms with Crippen LogP contribution in [0.2, 0.25) is 0 Å². The van der Waals surface area contributed by atoms with Crippen LogP contribution >= 0.6 is 0 Å². The van der Waals surface area contributed by atoms with Gasteiger partial charge in [-0.15, -0.1) is 0 Å². The lowest BCUT2D eigenvalue weighted by Crippen LogP contribution is -2.59. The van der Waals surface area contributed by atoms with Crippen molar-refractivity contribution in [2.24, 2.45) is 5.92 Å². The van der Waals surface area contributed by atoms with Crippen molar-refractivity contribution in [3.8, 4) is 0 Å². The molecule has 4 atom stereocenters. The average Bonchev–Trinajstić information content (AvgIpc) is 2.53. The van der Waals surface area contributed by atoms with Crippen molar-refractivity contribution in [3.63, 3.8) is 0 Å². The molecule has 0 amide bonds. The van der Waals surface area contributed by atoms with Gasteiger partial charge < -0.3 is 4.74 Å². The van der Waals surface area contributed by atoms with Crippen LogP contribution in [0.3, 0.4) is 0 Å². The second-order valence-corrected chi connectivity index (χ2v) is 9.42. The van der Waals surface area contributed by atoms with Crippen molar-refractivity contribution < 1.29 is 27.7 Å². The van der Waals surface area contributed by atoms with Gasteiger partial charge in [0.05, 0.1) is 10.6 Å². The van der Waals surface area contributed by atoms with Gasteiger partial charge in [-0.05, 0) is 51.2 Å². The zero-order valence-electron chi connectivity index (χ0n) is 14.7. The summed E-state index contributed by atoms with van der Waals surface area (Å²) in [6.07, 6.45) is 1.55. The molecule has 25 heavy (non-hydrogen) atoms. The molecule has 7 heteroatoms. The molecule has 0 unspecified atom stereocenters. The second kappa shape index (κ2) is 6.37. The Bertz CT molecular complexity index is 746. The summed E-state index contributed by atoms with van der Waals surface area (Å²) >= 11 is 0. The molecule has 1 saturated carbocycles. The number of sulfone groups is 1. The Labute approximate surface area is 148 Å². The van der Waals surface area contributed by atoms with E-state index in [0.29, 0.717) is 19.3 Å². The van der Waals surface area contributed by atoms with Gasteiger partial charge in [0.2, 0.25) is 0 Å². The summed E-state index contributed by atoms with van der Waals surface area (Å²) in [7, 11) is -3.49. The molecule has 1 saturated heterocycles. The quantitative estimate of drug-likeness (QED) is 0.600. The van der Waals surface area contributed by atoms with E-state index in [1.807, 2.05) is 6.92 Å². The Morgan fingerprint density at radius 1 is 1.28 bits per heavy atom. The van der Waals surface area contributed by atoms with Crippen molar-refractivity contribution in [1.29, 1.82) is 0 Å². The fourth-order valence-electron chi connectivity index (χ4n) is 3.85. The van der Waals surface area contributed by atoms with Crippen molar-refractivity contribution >= 4 is 15.8 Å². The maximum atomic E-state index is 12.7. The number of ether oxygens (including phenoxy) is 1. The Kier molecular flexibility index (Phi) is 4.68. The van der Waals surface area contributed by atoms with Crippen molar-refractivity contribution in [2.75, 3.05) is 5.75 Å². The van der Waals surface area contributed by atoms with Gasteiger partial charge in [-0.3, -0.25) is 4.79 Å². The molecule has 2 fully saturated rings. The van der Waals surface area contributed by atoms with Crippen LogP contribution in [0, 0.1) is 5.92 Å². The smallest absolute Gasteiger partial charge is 0.303 e. The third-order valence-corrected chi connectivity index (χ3v) is 7.29. The highest BCUT2D eigenvalue weighted by molar-refractivity contribution is 7.91. The highest BCUT2D eigenvalue weighted by Gasteiger charge is 2.55. The Hall–Kier alpha value is -1.44. The number of fused-ring (bicyclic) bond motifs is 2. The first-order valence-corrected chi connectivity index (χ1v) is 10.1. The summed E-state index contributed by atoms with van der Waals surface area (Å²) in [5.74, 6) is -0.482. The van der Waals surface area contributed by atoms with E-state index in [2.05, 4.69) is 0 Å². The number of rotatable bonds is 4. The van der Waals surface area contributed by atoms with Gasteiger partial charge in [0.15, 0.2) is 9.84 Å². The lowest BCUT2D eigenvalue weighted by atomic mass is 9.71. The SMILES string of the molecule is CC(=O)O[C@@]1(C)CC[C@H]2C[C@@H]1OO[C@]2(C)CS(=O)(=O)c1ccccc1. The van der Waals surface area contributed by atoms with Gasteiger partial charge in [-0.1, -0.05) is 18.2 Å². The molecule has 1 heterocycles. The van der Waals surface area contributed by atoms with E-state index in [0.717, 1.165) is 0 Å². The van der Waals surface area contributed by atoms with E-state index >= 15 is 0 Å². The maximum absolute atomic E-state index is 12.7. The molecule has 0 aromatic heterocycles. The third kappa shape index (κ3) is 3.59. The molecular formula is C18H24O6S. The highest BCUT2D eigenvalue weighted by Crippen LogP contribution is 2.47. The molecule has 1 aromatic carbocycles. The third-order valence-electron chi connectivity index (χ3n) is 5.34. The molecule has 2 aliphatic rings. The monoisotopic (exact) mass is 368 g/mol. The lowest BCUT2D eigenvalue weighted by Gasteiger charge is -2.51. The molecule has 0 N–H and O–H groups in total. The number of hydrogen-bond donors (Lipinski definition) is 0. The molecule has 1 aliphatic heterocycles. The minimum Gasteiger partial charge on any atom is -0.457 e. The number of carbonyl (C=O) groups is 1. The minimum atomic E-state index is -3.49. The molecule has 2 bridgehead atoms. The molecule has 1 aromatic rings. The largest absolute Gasteiger partial charge is 0.457 e. The first kappa shape index (κ1) is 18.4. The van der Waals surface area contributed by atoms with E-state index in [4.69, 9.17) is 14.5 Å². The summed E-state index contributed by atoms with van der Waals surface area (Å²) < 4.78 is 30.9. The molecule has 3 rings (SSSR count). The van der Waals surface area contributed by atoms with Crippen molar-refractivity contribution in [1.82, 2.24) is 0 Å². The predicted octanol–water partition coefficient (Wildman–Crippen LogP) is 2.67. The van der Waals surface area contributed by atoms with Gasteiger partial charge in [-0.25, -0.2) is 18.2 Å². The normalized spacial score (nSPS) is 35.2. The molecule has 1 aliphatic carbocycles. The fourth-order valence-corrected chi connectivity index (χ4v) is 5.63. The van der Waals surface area contributed by atoms with Gasteiger partial charge >= 0.3 is 5.97 Å². The van der Waals surface area contributed by atoms with Crippen molar-refractivity contribution in [3.05, 3.63) is 30.3 Å². The standard InChI is InChI=1S/C18H24O6S/c1-13(19)22-17(2)10-9-14-11-16(17)23-24-18(14,3)12-25(20,21)15-7-5-4-6-8-15/h4-8,14,16H,9-12H2,1-3H3/t14-,16-,17-,18+/m0/s1. The second-order valence-electron chi connectivity index (χ2n) is 7.43. The molecule has 0 spiro atoms. The summed E-state index contributed by atoms with van der Waals surface area (Å²) in [6.45, 7) is 4.99. The van der Waals surface area contributed by atoms with Gasteiger partial charge in [-0.2, -0.15) is 0 Å². The van der Waals surface area contributed by atoms with Crippen LogP contribution in [-0.2, 0) is 29.1 Å². The zero-order chi connectivity index (χ0) is 18.3. The fraction of sp³-hybridized carbons (Fsp3) is 0.611. The summed E-state index contributed by atoms with van der Waals surface area (Å²) in [5, 5.41) is 0. The lowest BCUT2D eigenvalue weighted by molar-refractivity contribution is -0.441. The van der Waals surface area contributed by atoms with Crippen LogP contribution in [0.25, 0.3) is 0 Å². The number of hydrogen-bond acceptors (Lipinski definition) is 6. The van der Waals surface area contributed by atoms with Crippen LogP contribution in [0.4, 0.5) is 0 Å². The maximum Gasteiger partial charge on any atom is 0.303 e. The molecule has 0 radical (unpaired) electrons. The topological polar surface area (TPSA) is 78.9 Å². The van der Waals surface area contributed by atoms with Crippen LogP contribution in [0.1, 0.15) is 40.0 Å². The first-order valence-electron chi connectivity index (χ1n) is 8.46. The summed E-state index contributed by atoms with van der Waals surface area (Å²) in [5.41, 5.74) is -1.66. The van der Waals surface area contributed by atoms with Crippen LogP contribution in [-0.4, -0.2) is 37.4 Å². The molecular weight excluding hydrogens is 344 g/mol. The average molecular weight is 368 g/mol. The summed E-state index contributed by atoms with van der Waals surface area (Å²) in [4.78, 5) is 22.7. The van der Waals surface area contributed by atoms with E-state index in [9.17, 15) is 13.2 Å². The first-order chi connectivity index (χ1) is 11.6. The minimum absolute atomic E-state index is 0.0216. The van der Waals surface area contributed by atoms with E-state index in [1.54, 1.807) is 37.3 Å². The zero-order valence-corrected chi connectivity index (χ0v) is 15.5. The van der Waals surface area contributed by atoms with Gasteiger partial charge in [0, 0.05) is 6.92 Å². The number of esters is 1. The van der Waals surface area contributed by atoms with Crippen LogP contribution in [0.15, 0.2) is 35.2 Å². The van der Waals surface area contributed by atoms with Crippen LogP contribution in [0.5, 0.6) is 0 Å². The van der Waals surface area contributed by atoms with E-state index in [1.165, 1.54) is 6.92 Å². The Morgan fingerprint density at radius 3 is 2.60 bits per heavy atom. The Morgan fingerprint density at radius 2 is 1.96 bits per heavy atom. The van der Waals surface area contributed by atoms with E-state index < -0.39 is 21.0 Å². The molecule has 138 valence electrons. The van der Waals surface area contributed by atoms with Crippen LogP contribution < -0.4 is 0 Å². The van der Waals surface area contributed by atoms with Gasteiger partial charge in [0.25, 0.3) is 0 Å². The summed E-state index contributed by atoms with van der Waals surface area (Å²) in [6, 6.07) is 8.36. The highest BCUT2D eigenvalue weighted by atomic mass is 32.2. The van der Waals surface area contributed by atoms with E-state index in [-0.39, 0.29) is 28.6 Å². The number of carbonyl (C=O) groups excluding carboxylic acids is 1. The van der Waals surface area contributed by atoms with Crippen molar-refractivity contribution in [2.45, 2.75) is 62.2 Å². The van der Waals surface area contributed by atoms with Gasteiger partial charge in [0.1, 0.15) is 17.3 Å². The predicted molar refractivity (Wildman–Crippen MR) is 90.4 cm³/mol. The Balaban J connectivity index is 1.77. The number of benzene rings is 1.